The third kappa shape index (κ3) is 4.42. The molecule has 0 saturated carbocycles. The number of nitrogens with zero attached hydrogens (tertiary/aromatic N) is 4. The molecule has 2 aromatic heterocycles. The number of nitrogens with two attached hydrogens (primary N) is 4. The number of nitrogens with one attached hydrogen (secondary N) is 1. The lowest BCUT2D eigenvalue weighted by atomic mass is 9.73. The summed E-state index contributed by atoms with van der Waals surface area (Å²) in [5.74, 6) is 1.33. The van der Waals surface area contributed by atoms with Crippen LogP contribution in [0.4, 0.5) is 27.9 Å². The Morgan fingerprint density at radius 2 is 1.94 bits per heavy atom. The molecule has 12 heteroatoms. The van der Waals surface area contributed by atoms with Crippen LogP contribution in [-0.2, 0) is 6.42 Å². The maximum atomic E-state index is 11.2. The molecule has 10 nitrogen and oxygen atoms in total. The van der Waals surface area contributed by atoms with E-state index in [4.69, 9.17) is 34.5 Å². The molecule has 3 heterocycles. The van der Waals surface area contributed by atoms with Gasteiger partial charge in [-0.1, -0.05) is 29.4 Å². The second kappa shape index (κ2) is 9.06. The van der Waals surface area contributed by atoms with Crippen LogP contribution >= 0.6 is 23.4 Å². The van der Waals surface area contributed by atoms with Gasteiger partial charge in [-0.2, -0.15) is 0 Å². The molecule has 9 N–H and O–H groups in total. The minimum absolute atomic E-state index is 0.0308. The van der Waals surface area contributed by atoms with Gasteiger partial charge in [-0.05, 0) is 54.0 Å². The van der Waals surface area contributed by atoms with Gasteiger partial charge >= 0.3 is 6.03 Å². The van der Waals surface area contributed by atoms with Crippen LogP contribution in [0.1, 0.15) is 30.0 Å². The molecule has 35 heavy (non-hydrogen) atoms. The number of hydrogen-bond acceptors (Lipinski definition) is 9. The highest BCUT2D eigenvalue weighted by Crippen LogP contribution is 2.51. The van der Waals surface area contributed by atoms with E-state index < -0.39 is 6.03 Å². The summed E-state index contributed by atoms with van der Waals surface area (Å²) in [6.07, 6.45) is 6.05. The van der Waals surface area contributed by atoms with Gasteiger partial charge in [0.15, 0.2) is 5.82 Å². The SMILES string of the molecule is NC(=O)Nc1ccc2c(c1)[C@@H](N)C1(CCN(c3cnc(Sc4ccnc(N)c4Cl)c(N)n3)CC1)C2. The van der Waals surface area contributed by atoms with Crippen LogP contribution in [0.2, 0.25) is 5.02 Å². The van der Waals surface area contributed by atoms with E-state index in [1.807, 2.05) is 18.2 Å². The average molecular weight is 512 g/mol. The highest BCUT2D eigenvalue weighted by molar-refractivity contribution is 7.99. The van der Waals surface area contributed by atoms with Gasteiger partial charge in [0.1, 0.15) is 16.7 Å². The van der Waals surface area contributed by atoms with Gasteiger partial charge in [0.25, 0.3) is 0 Å². The van der Waals surface area contributed by atoms with E-state index in [0.717, 1.165) is 48.6 Å². The molecule has 5 rings (SSSR count). The van der Waals surface area contributed by atoms with Crippen molar-refractivity contribution in [2.24, 2.45) is 16.9 Å². The van der Waals surface area contributed by atoms with Crippen LogP contribution in [0, 0.1) is 5.41 Å². The minimum atomic E-state index is -0.586. The van der Waals surface area contributed by atoms with Gasteiger partial charge in [0.2, 0.25) is 0 Å². The van der Waals surface area contributed by atoms with Crippen LogP contribution in [0.5, 0.6) is 0 Å². The molecule has 1 aliphatic carbocycles. The summed E-state index contributed by atoms with van der Waals surface area (Å²) >= 11 is 7.55. The molecule has 1 atom stereocenters. The zero-order valence-corrected chi connectivity index (χ0v) is 20.4. The zero-order chi connectivity index (χ0) is 24.7. The number of primary amides is 1. The van der Waals surface area contributed by atoms with Crippen LogP contribution in [-0.4, -0.2) is 34.1 Å². The second-order valence-electron chi connectivity index (χ2n) is 8.94. The molecule has 1 spiro atoms. The van der Waals surface area contributed by atoms with Crippen molar-refractivity contribution in [2.75, 3.05) is 34.8 Å². The standard InChI is InChI=1S/C23H26ClN9OS/c24-17-15(3-6-29-19(17)26)35-21-20(27)32-16(11-30-21)33-7-4-23(5-8-33)10-12-1-2-13(31-22(28)34)9-14(12)18(23)25/h1-3,6,9,11,18H,4-5,7-8,10,25H2,(H2,26,29)(H2,27,32)(H3,28,31,34)/t18-/m1/s1. The molecule has 2 amide bonds. The molecular formula is C23H26ClN9OS. The average Bonchev–Trinajstić information content (AvgIpc) is 3.09. The number of rotatable bonds is 4. The Kier molecular flexibility index (Phi) is 6.07. The molecule has 1 aromatic carbocycles. The Morgan fingerprint density at radius 3 is 2.66 bits per heavy atom. The van der Waals surface area contributed by atoms with E-state index in [2.05, 4.69) is 25.2 Å². The van der Waals surface area contributed by atoms with Gasteiger partial charge in [0, 0.05) is 35.9 Å². The molecule has 3 aromatic rings. The summed E-state index contributed by atoms with van der Waals surface area (Å²) in [4.78, 5) is 27.2. The van der Waals surface area contributed by atoms with Crippen LogP contribution in [0.15, 0.2) is 46.6 Å². The summed E-state index contributed by atoms with van der Waals surface area (Å²) in [5.41, 5.74) is 27.0. The van der Waals surface area contributed by atoms with Crippen molar-refractivity contribution in [1.82, 2.24) is 15.0 Å². The lowest BCUT2D eigenvalue weighted by Gasteiger charge is -2.42. The van der Waals surface area contributed by atoms with Gasteiger partial charge in [-0.3, -0.25) is 0 Å². The van der Waals surface area contributed by atoms with Gasteiger partial charge < -0.3 is 33.2 Å². The number of amides is 2. The number of carbonyl (C=O) groups is 1. The van der Waals surface area contributed by atoms with E-state index in [1.165, 1.54) is 17.3 Å². The number of anilines is 4. The summed E-state index contributed by atoms with van der Waals surface area (Å²) in [6, 6.07) is 6.91. The Morgan fingerprint density at radius 1 is 1.17 bits per heavy atom. The number of carbonyl (C=O) groups excluding carboxylic acids is 1. The predicted molar refractivity (Wildman–Crippen MR) is 138 cm³/mol. The summed E-state index contributed by atoms with van der Waals surface area (Å²) in [7, 11) is 0. The minimum Gasteiger partial charge on any atom is -0.382 e. The van der Waals surface area contributed by atoms with Crippen molar-refractivity contribution in [1.29, 1.82) is 0 Å². The Hall–Kier alpha value is -3.28. The summed E-state index contributed by atoms with van der Waals surface area (Å²) in [6.45, 7) is 1.59. The normalized spacial score (nSPS) is 18.5. The molecule has 2 aliphatic rings. The first kappa shape index (κ1) is 23.5. The first-order chi connectivity index (χ1) is 16.8. The quantitative estimate of drug-likeness (QED) is 0.352. The third-order valence-corrected chi connectivity index (χ3v) is 8.45. The Labute approximate surface area is 211 Å². The molecule has 182 valence electrons. The van der Waals surface area contributed by atoms with E-state index in [1.54, 1.807) is 18.5 Å². The largest absolute Gasteiger partial charge is 0.382 e. The molecule has 0 bridgehead atoms. The van der Waals surface area contributed by atoms with Crippen LogP contribution < -0.4 is 33.2 Å². The summed E-state index contributed by atoms with van der Waals surface area (Å²) in [5, 5.41) is 3.56. The molecule has 1 fully saturated rings. The highest BCUT2D eigenvalue weighted by Gasteiger charge is 2.46. The fourth-order valence-corrected chi connectivity index (χ4v) is 6.01. The first-order valence-electron chi connectivity index (χ1n) is 11.2. The smallest absolute Gasteiger partial charge is 0.316 e. The van der Waals surface area contributed by atoms with E-state index in [9.17, 15) is 4.79 Å². The number of aromatic nitrogens is 3. The monoisotopic (exact) mass is 511 g/mol. The van der Waals surface area contributed by atoms with E-state index in [-0.39, 0.29) is 17.3 Å². The molecule has 1 aliphatic heterocycles. The molecule has 0 unspecified atom stereocenters. The third-order valence-electron chi connectivity index (χ3n) is 6.87. The summed E-state index contributed by atoms with van der Waals surface area (Å²) < 4.78 is 0. The number of nitrogen functional groups attached to an aromatic ring is 2. The number of urea groups is 1. The lowest BCUT2D eigenvalue weighted by Crippen LogP contribution is -2.44. The van der Waals surface area contributed by atoms with Gasteiger partial charge in [-0.15, -0.1) is 0 Å². The Bertz CT molecular complexity index is 1300. The number of halogens is 1. The topological polar surface area (TPSA) is 175 Å². The number of pyridine rings is 1. The Balaban J connectivity index is 1.27. The molecular weight excluding hydrogens is 486 g/mol. The predicted octanol–water partition coefficient (Wildman–Crippen LogP) is 3.17. The van der Waals surface area contributed by atoms with Crippen molar-refractivity contribution >= 4 is 52.5 Å². The van der Waals surface area contributed by atoms with Gasteiger partial charge in [-0.25, -0.2) is 19.7 Å². The van der Waals surface area contributed by atoms with Gasteiger partial charge in [0.05, 0.1) is 11.2 Å². The van der Waals surface area contributed by atoms with Crippen molar-refractivity contribution < 1.29 is 4.79 Å². The van der Waals surface area contributed by atoms with Crippen LogP contribution in [0.3, 0.4) is 0 Å². The fourth-order valence-electron chi connectivity index (χ4n) is 4.99. The molecule has 0 radical (unpaired) electrons. The van der Waals surface area contributed by atoms with Crippen molar-refractivity contribution in [3.63, 3.8) is 0 Å². The second-order valence-corrected chi connectivity index (χ2v) is 10.3. The fraction of sp³-hybridized carbons (Fsp3) is 0.304. The number of piperidine rings is 1. The number of benzene rings is 1. The van der Waals surface area contributed by atoms with Crippen molar-refractivity contribution in [2.45, 2.75) is 35.2 Å². The maximum absolute atomic E-state index is 11.2. The lowest BCUT2D eigenvalue weighted by molar-refractivity contribution is 0.187. The number of hydrogen-bond donors (Lipinski definition) is 5. The highest BCUT2D eigenvalue weighted by atomic mass is 35.5. The maximum Gasteiger partial charge on any atom is 0.316 e. The number of fused-ring (bicyclic) bond motifs is 1. The van der Waals surface area contributed by atoms with Crippen molar-refractivity contribution in [3.8, 4) is 0 Å². The van der Waals surface area contributed by atoms with Crippen LogP contribution in [0.25, 0.3) is 0 Å². The van der Waals surface area contributed by atoms with E-state index in [0.29, 0.717) is 21.6 Å². The molecule has 1 saturated heterocycles. The first-order valence-corrected chi connectivity index (χ1v) is 12.4. The van der Waals surface area contributed by atoms with Crippen molar-refractivity contribution in [3.05, 3.63) is 52.8 Å². The zero-order valence-electron chi connectivity index (χ0n) is 18.9. The van der Waals surface area contributed by atoms with E-state index >= 15 is 0 Å².